The lowest BCUT2D eigenvalue weighted by molar-refractivity contribution is -0.137. The summed E-state index contributed by atoms with van der Waals surface area (Å²) in [5.41, 5.74) is 0. The van der Waals surface area contributed by atoms with Gasteiger partial charge in [0.15, 0.2) is 0 Å². The summed E-state index contributed by atoms with van der Waals surface area (Å²) < 4.78 is 4.77. The SMILES string of the molecule is C=CC(=O)OCCCCSC. The fourth-order valence-corrected chi connectivity index (χ4v) is 1.07. The van der Waals surface area contributed by atoms with E-state index in [0.29, 0.717) is 6.61 Å². The predicted octanol–water partition coefficient (Wildman–Crippen LogP) is 1.86. The molecule has 0 aromatic carbocycles. The van der Waals surface area contributed by atoms with Gasteiger partial charge in [-0.3, -0.25) is 0 Å². The van der Waals surface area contributed by atoms with Crippen molar-refractivity contribution >= 4 is 17.7 Å². The number of hydrogen-bond acceptors (Lipinski definition) is 3. The van der Waals surface area contributed by atoms with Gasteiger partial charge >= 0.3 is 5.97 Å². The summed E-state index contributed by atoms with van der Waals surface area (Å²) in [7, 11) is 0. The zero-order chi connectivity index (χ0) is 8.53. The Labute approximate surface area is 72.0 Å². The molecule has 0 aromatic heterocycles. The Kier molecular flexibility index (Phi) is 7.36. The molecule has 11 heavy (non-hydrogen) atoms. The van der Waals surface area contributed by atoms with Crippen molar-refractivity contribution < 1.29 is 9.53 Å². The zero-order valence-electron chi connectivity index (χ0n) is 6.84. The highest BCUT2D eigenvalue weighted by Gasteiger charge is 1.93. The zero-order valence-corrected chi connectivity index (χ0v) is 7.65. The van der Waals surface area contributed by atoms with Crippen LogP contribution < -0.4 is 0 Å². The largest absolute Gasteiger partial charge is 0.463 e. The van der Waals surface area contributed by atoms with Crippen LogP contribution in [-0.4, -0.2) is 24.6 Å². The van der Waals surface area contributed by atoms with Crippen LogP contribution in [0.25, 0.3) is 0 Å². The molecule has 0 amide bonds. The molecule has 0 atom stereocenters. The topological polar surface area (TPSA) is 26.3 Å². The third kappa shape index (κ3) is 7.46. The number of ether oxygens (including phenoxy) is 1. The first-order chi connectivity index (χ1) is 5.31. The van der Waals surface area contributed by atoms with E-state index >= 15 is 0 Å². The second-order valence-corrected chi connectivity index (χ2v) is 3.06. The molecule has 2 nitrogen and oxygen atoms in total. The first-order valence-electron chi connectivity index (χ1n) is 3.59. The van der Waals surface area contributed by atoms with Crippen LogP contribution in [0.5, 0.6) is 0 Å². The average molecular weight is 174 g/mol. The monoisotopic (exact) mass is 174 g/mol. The van der Waals surface area contributed by atoms with Crippen molar-refractivity contribution in [3.8, 4) is 0 Å². The normalized spacial score (nSPS) is 9.18. The van der Waals surface area contributed by atoms with E-state index in [1.54, 1.807) is 11.8 Å². The molecule has 0 bridgehead atoms. The molecule has 0 saturated carbocycles. The molecule has 0 spiro atoms. The highest BCUT2D eigenvalue weighted by Crippen LogP contribution is 1.99. The van der Waals surface area contributed by atoms with E-state index in [9.17, 15) is 4.79 Å². The van der Waals surface area contributed by atoms with Crippen molar-refractivity contribution in [3.63, 3.8) is 0 Å². The van der Waals surface area contributed by atoms with Gasteiger partial charge in [-0.15, -0.1) is 0 Å². The summed E-state index contributed by atoms with van der Waals surface area (Å²) in [5.74, 6) is 0.806. The Bertz CT molecular complexity index is 123. The third-order valence-electron chi connectivity index (χ3n) is 1.15. The standard InChI is InChI=1S/C8H14O2S/c1-3-8(9)10-6-4-5-7-11-2/h3H,1,4-7H2,2H3. The van der Waals surface area contributed by atoms with E-state index < -0.39 is 0 Å². The van der Waals surface area contributed by atoms with Gasteiger partial charge in [0.2, 0.25) is 0 Å². The van der Waals surface area contributed by atoms with Crippen molar-refractivity contribution in [3.05, 3.63) is 12.7 Å². The van der Waals surface area contributed by atoms with Gasteiger partial charge in [0.25, 0.3) is 0 Å². The van der Waals surface area contributed by atoms with Crippen LogP contribution in [0.2, 0.25) is 0 Å². The molecule has 64 valence electrons. The minimum Gasteiger partial charge on any atom is -0.463 e. The van der Waals surface area contributed by atoms with Gasteiger partial charge in [-0.1, -0.05) is 6.58 Å². The molecular weight excluding hydrogens is 160 g/mol. The number of carbonyl (C=O) groups excluding carboxylic acids is 1. The average Bonchev–Trinajstić information content (AvgIpc) is 2.04. The first kappa shape index (κ1) is 10.6. The highest BCUT2D eigenvalue weighted by molar-refractivity contribution is 7.98. The maximum atomic E-state index is 10.5. The summed E-state index contributed by atoms with van der Waals surface area (Å²) in [6.45, 7) is 3.82. The second kappa shape index (κ2) is 7.66. The third-order valence-corrected chi connectivity index (χ3v) is 1.85. The number of unbranched alkanes of at least 4 members (excludes halogenated alkanes) is 1. The number of esters is 1. The molecule has 0 aliphatic heterocycles. The summed E-state index contributed by atoms with van der Waals surface area (Å²) in [6, 6.07) is 0. The molecule has 0 saturated heterocycles. The van der Waals surface area contributed by atoms with Gasteiger partial charge in [-0.05, 0) is 24.9 Å². The van der Waals surface area contributed by atoms with E-state index in [-0.39, 0.29) is 5.97 Å². The van der Waals surface area contributed by atoms with E-state index in [1.165, 1.54) is 6.08 Å². The molecule has 0 rings (SSSR count). The lowest BCUT2D eigenvalue weighted by Gasteiger charge is -1.99. The summed E-state index contributed by atoms with van der Waals surface area (Å²) in [5, 5.41) is 0. The van der Waals surface area contributed by atoms with E-state index in [2.05, 4.69) is 12.8 Å². The molecule has 0 heterocycles. The minimum atomic E-state index is -0.325. The molecular formula is C8H14O2S. The fourth-order valence-electron chi connectivity index (χ4n) is 0.580. The van der Waals surface area contributed by atoms with Crippen molar-refractivity contribution in [1.82, 2.24) is 0 Å². The van der Waals surface area contributed by atoms with Gasteiger partial charge in [0.05, 0.1) is 6.61 Å². The van der Waals surface area contributed by atoms with Crippen molar-refractivity contribution in [1.29, 1.82) is 0 Å². The molecule has 0 aliphatic rings. The fraction of sp³-hybridized carbons (Fsp3) is 0.625. The lowest BCUT2D eigenvalue weighted by Crippen LogP contribution is -2.01. The summed E-state index contributed by atoms with van der Waals surface area (Å²) >= 11 is 1.81. The molecule has 0 aromatic rings. The van der Waals surface area contributed by atoms with Crippen LogP contribution >= 0.6 is 11.8 Å². The van der Waals surface area contributed by atoms with Gasteiger partial charge in [0, 0.05) is 6.08 Å². The Morgan fingerprint density at radius 1 is 1.64 bits per heavy atom. The summed E-state index contributed by atoms with van der Waals surface area (Å²) in [6.07, 6.45) is 5.30. The van der Waals surface area contributed by atoms with E-state index in [1.807, 2.05) is 0 Å². The Hall–Kier alpha value is -0.440. The number of rotatable bonds is 6. The van der Waals surface area contributed by atoms with Crippen LogP contribution in [-0.2, 0) is 9.53 Å². The number of thioether (sulfide) groups is 1. The van der Waals surface area contributed by atoms with Gasteiger partial charge in [-0.25, -0.2) is 4.79 Å². The van der Waals surface area contributed by atoms with Crippen LogP contribution in [0, 0.1) is 0 Å². The van der Waals surface area contributed by atoms with Gasteiger partial charge in [-0.2, -0.15) is 11.8 Å². The van der Waals surface area contributed by atoms with Crippen LogP contribution in [0.4, 0.5) is 0 Å². The highest BCUT2D eigenvalue weighted by atomic mass is 32.2. The molecule has 0 fully saturated rings. The van der Waals surface area contributed by atoms with Gasteiger partial charge < -0.3 is 4.74 Å². The Morgan fingerprint density at radius 2 is 2.36 bits per heavy atom. The summed E-state index contributed by atoms with van der Waals surface area (Å²) in [4.78, 5) is 10.5. The van der Waals surface area contributed by atoms with Crippen molar-refractivity contribution in [2.24, 2.45) is 0 Å². The van der Waals surface area contributed by atoms with Crippen molar-refractivity contribution in [2.45, 2.75) is 12.8 Å². The molecule has 3 heteroatoms. The van der Waals surface area contributed by atoms with Gasteiger partial charge in [0.1, 0.15) is 0 Å². The van der Waals surface area contributed by atoms with Crippen molar-refractivity contribution in [2.75, 3.05) is 18.6 Å². The smallest absolute Gasteiger partial charge is 0.330 e. The molecule has 0 aliphatic carbocycles. The quantitative estimate of drug-likeness (QED) is 0.349. The van der Waals surface area contributed by atoms with Crippen LogP contribution in [0.15, 0.2) is 12.7 Å². The molecule has 0 unspecified atom stereocenters. The van der Waals surface area contributed by atoms with Crippen LogP contribution in [0.3, 0.4) is 0 Å². The van der Waals surface area contributed by atoms with Crippen LogP contribution in [0.1, 0.15) is 12.8 Å². The molecule has 0 radical (unpaired) electrons. The number of carbonyl (C=O) groups is 1. The Balaban J connectivity index is 3.01. The molecule has 0 N–H and O–H groups in total. The second-order valence-electron chi connectivity index (χ2n) is 2.07. The Morgan fingerprint density at radius 3 is 2.91 bits per heavy atom. The maximum Gasteiger partial charge on any atom is 0.330 e. The van der Waals surface area contributed by atoms with E-state index in [0.717, 1.165) is 18.6 Å². The minimum absolute atomic E-state index is 0.325. The predicted molar refractivity (Wildman–Crippen MR) is 48.8 cm³/mol. The lowest BCUT2D eigenvalue weighted by atomic mass is 10.4. The number of hydrogen-bond donors (Lipinski definition) is 0. The first-order valence-corrected chi connectivity index (χ1v) is 4.98. The maximum absolute atomic E-state index is 10.5. The van der Waals surface area contributed by atoms with E-state index in [4.69, 9.17) is 4.74 Å².